The molecule has 0 radical (unpaired) electrons. The molecule has 0 bridgehead atoms. The van der Waals surface area contributed by atoms with E-state index in [1.54, 1.807) is 36.2 Å². The van der Waals surface area contributed by atoms with Gasteiger partial charge in [-0.2, -0.15) is 5.10 Å². The maximum Gasteiger partial charge on any atom is 0.263 e. The van der Waals surface area contributed by atoms with Gasteiger partial charge in [-0.25, -0.2) is 4.98 Å². The summed E-state index contributed by atoms with van der Waals surface area (Å²) >= 11 is 1.59. The third-order valence-corrected chi connectivity index (χ3v) is 8.80. The molecule has 0 saturated carbocycles. The normalized spacial score (nSPS) is 23.9. The standard InChI is InChI=1S/C32H25N7O2S/c1-2-9-23(10-3-1)31(26-12-6-17-34-26)30(25-15-18-37-38-25,24-11-4-5-16-33-24)39(28-14-8-22-42-28)32(41-31,27-13-7-21-40-27)29-35-19-20-36-29/h1-22,34H,(H,35,36)(H,37,38). The van der Waals surface area contributed by atoms with Gasteiger partial charge in [0.1, 0.15) is 0 Å². The molecule has 8 rings (SSSR count). The van der Waals surface area contributed by atoms with Crippen LogP contribution in [0.25, 0.3) is 0 Å². The molecule has 1 aromatic carbocycles. The minimum Gasteiger partial charge on any atom is -0.464 e. The van der Waals surface area contributed by atoms with Crippen molar-refractivity contribution in [3.05, 3.63) is 168 Å². The monoisotopic (exact) mass is 571 g/mol. The molecule has 3 atom stereocenters. The number of hydrogen-bond donors (Lipinski definition) is 3. The van der Waals surface area contributed by atoms with E-state index in [1.807, 2.05) is 85.2 Å². The molecule has 10 heteroatoms. The first kappa shape index (κ1) is 24.6. The number of H-pyrrole nitrogens is 3. The molecule has 206 valence electrons. The van der Waals surface area contributed by atoms with Crippen molar-refractivity contribution >= 4 is 16.3 Å². The van der Waals surface area contributed by atoms with Crippen molar-refractivity contribution in [2.75, 3.05) is 4.90 Å². The highest BCUT2D eigenvalue weighted by atomic mass is 32.1. The number of pyridine rings is 1. The molecule has 1 aliphatic rings. The Labute approximate surface area is 244 Å². The van der Waals surface area contributed by atoms with Gasteiger partial charge in [0.15, 0.2) is 22.7 Å². The molecule has 9 nitrogen and oxygen atoms in total. The Hall–Kier alpha value is -5.19. The minimum atomic E-state index is -1.40. The molecular weight excluding hydrogens is 546 g/mol. The van der Waals surface area contributed by atoms with Gasteiger partial charge in [-0.05, 0) is 65.5 Å². The summed E-state index contributed by atoms with van der Waals surface area (Å²) in [4.78, 5) is 19.1. The lowest BCUT2D eigenvalue weighted by atomic mass is 9.68. The van der Waals surface area contributed by atoms with Crippen LogP contribution in [0.3, 0.4) is 0 Å². The van der Waals surface area contributed by atoms with Crippen molar-refractivity contribution in [2.45, 2.75) is 16.9 Å². The fourth-order valence-electron chi connectivity index (χ4n) is 6.48. The lowest BCUT2D eigenvalue weighted by Crippen LogP contribution is -2.58. The molecule has 1 saturated heterocycles. The Morgan fingerprint density at radius 1 is 0.738 bits per heavy atom. The van der Waals surface area contributed by atoms with Crippen LogP contribution in [0, 0.1) is 0 Å². The van der Waals surface area contributed by atoms with Gasteiger partial charge in [0.25, 0.3) is 5.72 Å². The van der Waals surface area contributed by atoms with E-state index in [1.165, 1.54) is 0 Å². The zero-order valence-corrected chi connectivity index (χ0v) is 23.0. The van der Waals surface area contributed by atoms with Crippen molar-refractivity contribution in [3.63, 3.8) is 0 Å². The highest BCUT2D eigenvalue weighted by molar-refractivity contribution is 7.14. The Morgan fingerprint density at radius 3 is 2.33 bits per heavy atom. The van der Waals surface area contributed by atoms with Crippen LogP contribution in [0.1, 0.15) is 34.2 Å². The van der Waals surface area contributed by atoms with Gasteiger partial charge in [0.2, 0.25) is 0 Å². The molecule has 3 unspecified atom stereocenters. The zero-order chi connectivity index (χ0) is 28.0. The van der Waals surface area contributed by atoms with Crippen LogP contribution < -0.4 is 4.90 Å². The summed E-state index contributed by atoms with van der Waals surface area (Å²) in [6.45, 7) is 0. The minimum absolute atomic E-state index is 0.551. The smallest absolute Gasteiger partial charge is 0.263 e. The van der Waals surface area contributed by atoms with Crippen LogP contribution in [0.2, 0.25) is 0 Å². The van der Waals surface area contributed by atoms with Crippen molar-refractivity contribution in [3.8, 4) is 0 Å². The number of furan rings is 1. The maximum absolute atomic E-state index is 7.81. The molecule has 0 aliphatic carbocycles. The molecule has 0 amide bonds. The van der Waals surface area contributed by atoms with Gasteiger partial charge in [0, 0.05) is 31.0 Å². The quantitative estimate of drug-likeness (QED) is 0.212. The lowest BCUT2D eigenvalue weighted by molar-refractivity contribution is -0.0943. The fourth-order valence-corrected chi connectivity index (χ4v) is 7.30. The number of anilines is 1. The lowest BCUT2D eigenvalue weighted by Gasteiger charge is -2.47. The largest absolute Gasteiger partial charge is 0.464 e. The molecule has 6 aromatic heterocycles. The van der Waals surface area contributed by atoms with Gasteiger partial charge >= 0.3 is 0 Å². The molecule has 42 heavy (non-hydrogen) atoms. The Balaban J connectivity index is 1.65. The van der Waals surface area contributed by atoms with E-state index < -0.39 is 16.9 Å². The van der Waals surface area contributed by atoms with Crippen LogP contribution in [-0.2, 0) is 21.6 Å². The maximum atomic E-state index is 7.81. The third-order valence-electron chi connectivity index (χ3n) is 7.95. The number of rotatable bonds is 7. The van der Waals surface area contributed by atoms with Gasteiger partial charge in [-0.1, -0.05) is 36.4 Å². The van der Waals surface area contributed by atoms with E-state index >= 15 is 0 Å². The number of hydrogen-bond acceptors (Lipinski definition) is 7. The van der Waals surface area contributed by atoms with Crippen LogP contribution in [0.4, 0.5) is 5.00 Å². The molecule has 0 spiro atoms. The number of benzene rings is 1. The second kappa shape index (κ2) is 9.44. The van der Waals surface area contributed by atoms with E-state index in [0.29, 0.717) is 11.6 Å². The van der Waals surface area contributed by atoms with E-state index in [2.05, 4.69) is 48.6 Å². The first-order valence-electron chi connectivity index (χ1n) is 13.5. The summed E-state index contributed by atoms with van der Waals surface area (Å²) in [5.41, 5.74) is -0.635. The Kier molecular flexibility index (Phi) is 5.53. The number of nitrogens with zero attached hydrogens (tertiary/aromatic N) is 4. The average Bonchev–Trinajstić information content (AvgIpc) is 3.88. The van der Waals surface area contributed by atoms with Crippen LogP contribution in [0.15, 0.2) is 138 Å². The molecule has 1 aliphatic heterocycles. The number of imidazole rings is 1. The Morgan fingerprint density at radius 2 is 1.67 bits per heavy atom. The van der Waals surface area contributed by atoms with Crippen LogP contribution in [0.5, 0.6) is 0 Å². The summed E-state index contributed by atoms with van der Waals surface area (Å²) in [7, 11) is 0. The molecule has 3 N–H and O–H groups in total. The third kappa shape index (κ3) is 3.13. The highest BCUT2D eigenvalue weighted by Gasteiger charge is 2.77. The summed E-state index contributed by atoms with van der Waals surface area (Å²) in [5, 5.41) is 10.8. The van der Waals surface area contributed by atoms with E-state index in [4.69, 9.17) is 19.1 Å². The van der Waals surface area contributed by atoms with E-state index in [-0.39, 0.29) is 0 Å². The molecule has 7 heterocycles. The summed E-state index contributed by atoms with van der Waals surface area (Å²) in [6, 6.07) is 30.1. The van der Waals surface area contributed by atoms with Crippen LogP contribution >= 0.6 is 11.3 Å². The number of nitrogens with one attached hydrogen (secondary N) is 3. The summed E-state index contributed by atoms with van der Waals surface area (Å²) in [6.07, 6.45) is 10.7. The first-order chi connectivity index (χ1) is 20.8. The zero-order valence-electron chi connectivity index (χ0n) is 22.2. The second-order valence-electron chi connectivity index (χ2n) is 9.97. The first-order valence-corrected chi connectivity index (χ1v) is 14.4. The predicted molar refractivity (Wildman–Crippen MR) is 158 cm³/mol. The van der Waals surface area contributed by atoms with Crippen molar-refractivity contribution < 1.29 is 9.15 Å². The number of aromatic nitrogens is 6. The predicted octanol–water partition coefficient (Wildman–Crippen LogP) is 6.14. The SMILES string of the molecule is c1ccc(C2(c3ccc[nH]3)OC(c3ncc[nH]3)(c3ccco3)N(c3cccs3)C2(c2ccccn2)c2ccn[nH]2)cc1. The summed E-state index contributed by atoms with van der Waals surface area (Å²) < 4.78 is 14.1. The number of aromatic amines is 3. The molecule has 7 aromatic rings. The van der Waals surface area contributed by atoms with Gasteiger partial charge in [-0.15, -0.1) is 11.3 Å². The van der Waals surface area contributed by atoms with Crippen LogP contribution in [-0.4, -0.2) is 30.1 Å². The highest BCUT2D eigenvalue weighted by Crippen LogP contribution is 2.67. The number of thiophene rings is 1. The second-order valence-corrected chi connectivity index (χ2v) is 10.9. The Bertz CT molecular complexity index is 1820. The van der Waals surface area contributed by atoms with Crippen molar-refractivity contribution in [1.82, 2.24) is 30.1 Å². The van der Waals surface area contributed by atoms with E-state index in [9.17, 15) is 0 Å². The van der Waals surface area contributed by atoms with Crippen molar-refractivity contribution in [2.24, 2.45) is 0 Å². The number of ether oxygens (including phenoxy) is 1. The van der Waals surface area contributed by atoms with Gasteiger partial charge in [0.05, 0.1) is 28.3 Å². The fraction of sp³-hybridized carbons (Fsp3) is 0.0938. The van der Waals surface area contributed by atoms with Gasteiger partial charge in [-0.3, -0.25) is 10.1 Å². The topological polar surface area (TPSA) is 112 Å². The molecular formula is C32H25N7O2S. The molecule has 1 fully saturated rings. The summed E-state index contributed by atoms with van der Waals surface area (Å²) in [5.74, 6) is 1.10. The average molecular weight is 572 g/mol. The van der Waals surface area contributed by atoms with Crippen molar-refractivity contribution in [1.29, 1.82) is 0 Å². The van der Waals surface area contributed by atoms with E-state index in [0.717, 1.165) is 27.6 Å². The van der Waals surface area contributed by atoms with Gasteiger partial charge < -0.3 is 24.0 Å².